The summed E-state index contributed by atoms with van der Waals surface area (Å²) in [5.41, 5.74) is 11.2. The number of unbranched alkanes of at least 4 members (excludes halogenated alkanes) is 1. The predicted octanol–water partition coefficient (Wildman–Crippen LogP) is 6.08. The van der Waals surface area contributed by atoms with Crippen molar-refractivity contribution in [1.82, 2.24) is 9.97 Å². The van der Waals surface area contributed by atoms with Gasteiger partial charge in [0.05, 0.1) is 21.7 Å². The van der Waals surface area contributed by atoms with Crippen molar-refractivity contribution < 1.29 is 0 Å². The predicted molar refractivity (Wildman–Crippen MR) is 114 cm³/mol. The van der Waals surface area contributed by atoms with Crippen molar-refractivity contribution >= 4 is 49.3 Å². The van der Waals surface area contributed by atoms with Crippen LogP contribution in [-0.4, -0.2) is 16.5 Å². The number of H-pyrrole nitrogens is 1. The lowest BCUT2D eigenvalue weighted by Gasteiger charge is -2.08. The van der Waals surface area contributed by atoms with Gasteiger partial charge in [0.2, 0.25) is 0 Å². The molecule has 0 aliphatic carbocycles. The van der Waals surface area contributed by atoms with Gasteiger partial charge in [-0.25, -0.2) is 0 Å². The minimum absolute atomic E-state index is 0.709. The zero-order valence-corrected chi connectivity index (χ0v) is 16.6. The van der Waals surface area contributed by atoms with Crippen LogP contribution in [0.1, 0.15) is 18.4 Å². The summed E-state index contributed by atoms with van der Waals surface area (Å²) >= 11 is 10.1. The van der Waals surface area contributed by atoms with Crippen LogP contribution in [0.4, 0.5) is 0 Å². The topological polar surface area (TPSA) is 54.7 Å². The van der Waals surface area contributed by atoms with E-state index in [4.69, 9.17) is 17.3 Å². The van der Waals surface area contributed by atoms with Gasteiger partial charge in [-0.1, -0.05) is 45.7 Å². The van der Waals surface area contributed by atoms with Gasteiger partial charge in [0.25, 0.3) is 0 Å². The lowest BCUT2D eigenvalue weighted by Crippen LogP contribution is -1.99. The number of aromatic nitrogens is 2. The highest BCUT2D eigenvalue weighted by Gasteiger charge is 2.17. The number of fused-ring (bicyclic) bond motifs is 2. The van der Waals surface area contributed by atoms with Crippen molar-refractivity contribution in [2.75, 3.05) is 6.54 Å². The second kappa shape index (κ2) is 7.39. The first-order chi connectivity index (χ1) is 12.7. The van der Waals surface area contributed by atoms with E-state index in [1.807, 2.05) is 24.4 Å². The lowest BCUT2D eigenvalue weighted by molar-refractivity contribution is 0.748. The number of nitrogens with two attached hydrogens (primary N) is 1. The van der Waals surface area contributed by atoms with Crippen LogP contribution in [0.5, 0.6) is 0 Å². The van der Waals surface area contributed by atoms with Gasteiger partial charge < -0.3 is 10.7 Å². The molecule has 0 bridgehead atoms. The maximum Gasteiger partial charge on any atom is 0.0708 e. The number of aromatic amines is 1. The van der Waals surface area contributed by atoms with Gasteiger partial charge in [-0.2, -0.15) is 0 Å². The molecule has 3 N–H and O–H groups in total. The molecule has 0 radical (unpaired) electrons. The molecule has 0 amide bonds. The van der Waals surface area contributed by atoms with Crippen molar-refractivity contribution in [2.45, 2.75) is 19.3 Å². The third-order valence-corrected chi connectivity index (χ3v) is 5.48. The number of aryl methyl sites for hydroxylation is 1. The monoisotopic (exact) mass is 427 g/mol. The Labute approximate surface area is 165 Å². The molecule has 26 heavy (non-hydrogen) atoms. The van der Waals surface area contributed by atoms with Crippen LogP contribution in [0.25, 0.3) is 33.1 Å². The Kier molecular flexibility index (Phi) is 4.98. The average Bonchev–Trinajstić information content (AvgIpc) is 3.00. The maximum absolute atomic E-state index is 6.52. The summed E-state index contributed by atoms with van der Waals surface area (Å²) in [4.78, 5) is 8.08. The first kappa shape index (κ1) is 17.5. The fourth-order valence-corrected chi connectivity index (χ4v) is 4.39. The molecule has 2 aromatic heterocycles. The van der Waals surface area contributed by atoms with Gasteiger partial charge in [0.1, 0.15) is 0 Å². The van der Waals surface area contributed by atoms with Crippen LogP contribution in [0.2, 0.25) is 5.02 Å². The molecule has 0 aliphatic heterocycles. The zero-order chi connectivity index (χ0) is 18.1. The Bertz CT molecular complexity index is 1080. The minimum atomic E-state index is 0.709. The molecular weight excluding hydrogens is 410 g/mol. The Morgan fingerprint density at radius 1 is 1.08 bits per heavy atom. The Hall–Kier alpha value is -1.88. The normalized spacial score (nSPS) is 11.5. The number of pyridine rings is 1. The summed E-state index contributed by atoms with van der Waals surface area (Å²) in [5, 5.41) is 3.02. The van der Waals surface area contributed by atoms with Gasteiger partial charge in [-0.05, 0) is 55.6 Å². The molecular formula is C21H19BrClN3. The highest BCUT2D eigenvalue weighted by atomic mass is 79.9. The number of hydrogen-bond donors (Lipinski definition) is 2. The summed E-state index contributed by atoms with van der Waals surface area (Å²) in [7, 11) is 0. The maximum atomic E-state index is 6.52. The standard InChI is InChI=1S/C21H19BrClN3/c22-13-11-17-16(5-1-2-9-24)20(26-21(17)18(23)12-13)15-6-3-8-19-14(15)7-4-10-25-19/h3-4,6-8,10-12,26H,1-2,5,9,24H2. The van der Waals surface area contributed by atoms with Crippen LogP contribution >= 0.6 is 27.5 Å². The van der Waals surface area contributed by atoms with Crippen molar-refractivity contribution in [1.29, 1.82) is 0 Å². The van der Waals surface area contributed by atoms with E-state index in [9.17, 15) is 0 Å². The number of rotatable bonds is 5. The van der Waals surface area contributed by atoms with E-state index in [0.717, 1.165) is 61.8 Å². The van der Waals surface area contributed by atoms with E-state index >= 15 is 0 Å². The summed E-state index contributed by atoms with van der Waals surface area (Å²) in [6.45, 7) is 0.709. The third kappa shape index (κ3) is 3.13. The first-order valence-electron chi connectivity index (χ1n) is 8.73. The number of benzene rings is 2. The van der Waals surface area contributed by atoms with Gasteiger partial charge in [0.15, 0.2) is 0 Å². The van der Waals surface area contributed by atoms with E-state index in [1.54, 1.807) is 0 Å². The Morgan fingerprint density at radius 2 is 1.96 bits per heavy atom. The van der Waals surface area contributed by atoms with E-state index in [2.05, 4.69) is 50.2 Å². The molecule has 0 saturated carbocycles. The number of halogens is 2. The molecule has 5 heteroatoms. The second-order valence-corrected chi connectivity index (χ2v) is 7.73. The number of hydrogen-bond acceptors (Lipinski definition) is 2. The SMILES string of the molecule is NCCCCc1c(-c2cccc3ncccc23)[nH]c2c(Cl)cc(Br)cc12. The molecule has 4 aromatic rings. The summed E-state index contributed by atoms with van der Waals surface area (Å²) in [5.74, 6) is 0. The molecule has 132 valence electrons. The Morgan fingerprint density at radius 3 is 2.81 bits per heavy atom. The van der Waals surface area contributed by atoms with Gasteiger partial charge in [-0.3, -0.25) is 4.98 Å². The van der Waals surface area contributed by atoms with Crippen molar-refractivity contribution in [3.63, 3.8) is 0 Å². The quantitative estimate of drug-likeness (QED) is 0.378. The zero-order valence-electron chi connectivity index (χ0n) is 14.2. The summed E-state index contributed by atoms with van der Waals surface area (Å²) in [6.07, 6.45) is 4.83. The van der Waals surface area contributed by atoms with Crippen molar-refractivity contribution in [2.24, 2.45) is 5.73 Å². The van der Waals surface area contributed by atoms with Crippen LogP contribution in [0.3, 0.4) is 0 Å². The second-order valence-electron chi connectivity index (χ2n) is 6.41. The van der Waals surface area contributed by atoms with Crippen LogP contribution in [-0.2, 0) is 6.42 Å². The molecule has 3 nitrogen and oxygen atoms in total. The highest BCUT2D eigenvalue weighted by molar-refractivity contribution is 9.10. The molecule has 0 fully saturated rings. The van der Waals surface area contributed by atoms with Crippen molar-refractivity contribution in [3.8, 4) is 11.3 Å². The van der Waals surface area contributed by atoms with E-state index in [-0.39, 0.29) is 0 Å². The van der Waals surface area contributed by atoms with Gasteiger partial charge >= 0.3 is 0 Å². The van der Waals surface area contributed by atoms with Gasteiger partial charge in [-0.15, -0.1) is 0 Å². The first-order valence-corrected chi connectivity index (χ1v) is 9.90. The van der Waals surface area contributed by atoms with Crippen molar-refractivity contribution in [3.05, 3.63) is 63.7 Å². The van der Waals surface area contributed by atoms with Crippen LogP contribution in [0, 0.1) is 0 Å². The Balaban J connectivity index is 1.98. The van der Waals surface area contributed by atoms with Crippen LogP contribution in [0.15, 0.2) is 53.1 Å². The van der Waals surface area contributed by atoms with E-state index < -0.39 is 0 Å². The molecule has 4 rings (SSSR count). The molecule has 0 saturated heterocycles. The molecule has 0 aliphatic rings. The van der Waals surface area contributed by atoms with Crippen LogP contribution < -0.4 is 5.73 Å². The lowest BCUT2D eigenvalue weighted by atomic mass is 9.98. The molecule has 2 heterocycles. The molecule has 0 atom stereocenters. The fraction of sp³-hybridized carbons (Fsp3) is 0.190. The summed E-state index contributed by atoms with van der Waals surface area (Å²) < 4.78 is 0.986. The minimum Gasteiger partial charge on any atom is -0.353 e. The highest BCUT2D eigenvalue weighted by Crippen LogP contribution is 2.38. The fourth-order valence-electron chi connectivity index (χ4n) is 3.53. The smallest absolute Gasteiger partial charge is 0.0708 e. The summed E-state index contributed by atoms with van der Waals surface area (Å²) in [6, 6.07) is 14.4. The number of nitrogens with zero attached hydrogens (tertiary/aromatic N) is 1. The largest absolute Gasteiger partial charge is 0.353 e. The number of nitrogens with one attached hydrogen (secondary N) is 1. The third-order valence-electron chi connectivity index (χ3n) is 4.73. The molecule has 0 spiro atoms. The van der Waals surface area contributed by atoms with E-state index in [1.165, 1.54) is 5.56 Å². The molecule has 0 unspecified atom stereocenters. The van der Waals surface area contributed by atoms with E-state index in [0.29, 0.717) is 6.54 Å². The molecule has 2 aromatic carbocycles. The van der Waals surface area contributed by atoms with Gasteiger partial charge in [0, 0.05) is 27.0 Å². The average molecular weight is 429 g/mol.